The van der Waals surface area contributed by atoms with E-state index in [4.69, 9.17) is 20.7 Å². The molecule has 6 N–H and O–H groups in total. The SMILES string of the molecule is N[C@@H](Cc1cc(I)c(Oc2cc(I)c(O)c(I)c2)c(I)c1)C(=O)O.O=C(O)c1cc(=O)c2ccccc2[nH]1. The number of aliphatic carboxylic acids is 1. The van der Waals surface area contributed by atoms with Gasteiger partial charge in [0.1, 0.15) is 23.2 Å². The topological polar surface area (TPSA) is 163 Å². The highest BCUT2D eigenvalue weighted by Gasteiger charge is 2.17. The number of pyridine rings is 1. The summed E-state index contributed by atoms with van der Waals surface area (Å²) in [5.74, 6) is -0.582. The molecule has 0 saturated heterocycles. The van der Waals surface area contributed by atoms with E-state index in [1.54, 1.807) is 36.4 Å². The second kappa shape index (κ2) is 13.6. The lowest BCUT2D eigenvalue weighted by atomic mass is 10.1. The summed E-state index contributed by atoms with van der Waals surface area (Å²) in [6.07, 6.45) is 0.261. The summed E-state index contributed by atoms with van der Waals surface area (Å²) < 4.78 is 9.14. The van der Waals surface area contributed by atoms with Crippen LogP contribution in [0.15, 0.2) is 59.4 Å². The molecule has 0 bridgehead atoms. The Hall–Kier alpha value is -1.71. The highest BCUT2D eigenvalue weighted by Crippen LogP contribution is 2.36. The van der Waals surface area contributed by atoms with Crippen LogP contribution in [-0.2, 0) is 11.2 Å². The fraction of sp³-hybridized carbons (Fsp3) is 0.0800. The number of aromatic amines is 1. The molecule has 0 radical (unpaired) electrons. The quantitative estimate of drug-likeness (QED) is 0.152. The van der Waals surface area contributed by atoms with E-state index in [-0.39, 0.29) is 23.3 Å². The third-order valence-corrected chi connectivity index (χ3v) is 8.26. The van der Waals surface area contributed by atoms with Gasteiger partial charge in [-0.15, -0.1) is 0 Å². The first-order valence-corrected chi connectivity index (χ1v) is 14.9. The summed E-state index contributed by atoms with van der Waals surface area (Å²) in [6, 6.07) is 14.2. The summed E-state index contributed by atoms with van der Waals surface area (Å²) >= 11 is 8.42. The fourth-order valence-corrected chi connectivity index (χ4v) is 7.03. The molecule has 38 heavy (non-hydrogen) atoms. The maximum absolute atomic E-state index is 11.4. The number of para-hydroxylation sites is 1. The van der Waals surface area contributed by atoms with E-state index in [1.807, 2.05) is 12.1 Å². The van der Waals surface area contributed by atoms with Gasteiger partial charge in [-0.3, -0.25) is 9.59 Å². The smallest absolute Gasteiger partial charge is 0.352 e. The van der Waals surface area contributed by atoms with E-state index < -0.39 is 18.0 Å². The molecule has 4 rings (SSSR count). The maximum Gasteiger partial charge on any atom is 0.352 e. The Labute approximate surface area is 270 Å². The average Bonchev–Trinajstić information content (AvgIpc) is 2.85. The summed E-state index contributed by atoms with van der Waals surface area (Å²) in [7, 11) is 0. The van der Waals surface area contributed by atoms with Gasteiger partial charge in [-0.25, -0.2) is 4.79 Å². The number of aromatic hydroxyl groups is 1. The lowest BCUT2D eigenvalue weighted by molar-refractivity contribution is -0.138. The molecule has 13 heteroatoms. The summed E-state index contributed by atoms with van der Waals surface area (Å²) in [6.45, 7) is 0. The van der Waals surface area contributed by atoms with Gasteiger partial charge in [-0.05, 0) is 139 Å². The third-order valence-electron chi connectivity index (χ3n) is 5.01. The molecule has 4 aromatic rings. The minimum Gasteiger partial charge on any atom is -0.506 e. The Bertz CT molecular complexity index is 1540. The van der Waals surface area contributed by atoms with Crippen molar-refractivity contribution in [2.24, 2.45) is 5.73 Å². The number of phenols is 1. The van der Waals surface area contributed by atoms with Gasteiger partial charge in [-0.2, -0.15) is 0 Å². The number of hydrogen-bond donors (Lipinski definition) is 5. The Morgan fingerprint density at radius 1 is 0.921 bits per heavy atom. The van der Waals surface area contributed by atoms with E-state index >= 15 is 0 Å². The molecule has 1 heterocycles. The van der Waals surface area contributed by atoms with Crippen molar-refractivity contribution in [2.75, 3.05) is 0 Å². The standard InChI is InChI=1S/C15H11I4NO4.C10H7NO3/c16-8-4-7(5-9(17)13(8)21)24-14-10(18)1-6(2-11(14)19)3-12(20)15(22)23;12-9-5-8(10(13)14)11-7-4-2-1-3-6(7)9/h1-2,4-5,12,21H,3,20H2,(H,22,23);1-5H,(H,11,12)(H,13,14)/t12-;/m0./s1. The van der Waals surface area contributed by atoms with Crippen LogP contribution >= 0.6 is 90.4 Å². The number of nitrogens with one attached hydrogen (secondary N) is 1. The predicted octanol–water partition coefficient (Wildman–Crippen LogP) is 5.78. The third kappa shape index (κ3) is 7.92. The Morgan fingerprint density at radius 2 is 1.50 bits per heavy atom. The van der Waals surface area contributed by atoms with Crippen molar-refractivity contribution >= 4 is 113 Å². The van der Waals surface area contributed by atoms with E-state index in [0.29, 0.717) is 29.5 Å². The van der Waals surface area contributed by atoms with E-state index in [2.05, 4.69) is 95.3 Å². The number of H-pyrrole nitrogens is 1. The molecule has 0 fully saturated rings. The summed E-state index contributed by atoms with van der Waals surface area (Å²) in [5.41, 5.74) is 6.61. The highest BCUT2D eigenvalue weighted by atomic mass is 127. The van der Waals surface area contributed by atoms with Crippen LogP contribution in [0.3, 0.4) is 0 Å². The van der Waals surface area contributed by atoms with Crippen molar-refractivity contribution in [3.05, 3.63) is 90.4 Å². The van der Waals surface area contributed by atoms with Gasteiger partial charge in [0.2, 0.25) is 0 Å². The van der Waals surface area contributed by atoms with Crippen LogP contribution in [0.2, 0.25) is 0 Å². The van der Waals surface area contributed by atoms with Crippen LogP contribution in [-0.4, -0.2) is 38.3 Å². The van der Waals surface area contributed by atoms with Crippen molar-refractivity contribution in [2.45, 2.75) is 12.5 Å². The summed E-state index contributed by atoms with van der Waals surface area (Å²) in [4.78, 5) is 35.6. The van der Waals surface area contributed by atoms with E-state index in [9.17, 15) is 19.5 Å². The van der Waals surface area contributed by atoms with Crippen LogP contribution in [0.4, 0.5) is 0 Å². The zero-order chi connectivity index (χ0) is 28.1. The van der Waals surface area contributed by atoms with Crippen molar-refractivity contribution in [1.82, 2.24) is 4.98 Å². The molecule has 0 unspecified atom stereocenters. The van der Waals surface area contributed by atoms with Crippen LogP contribution in [0.1, 0.15) is 16.1 Å². The lowest BCUT2D eigenvalue weighted by Gasteiger charge is -2.14. The molecule has 0 aliphatic heterocycles. The maximum atomic E-state index is 11.4. The number of aromatic nitrogens is 1. The average molecular weight is 966 g/mol. The fourth-order valence-electron chi connectivity index (χ4n) is 3.20. The first kappa shape index (κ1) is 30.8. The minimum absolute atomic E-state index is 0.0892. The van der Waals surface area contributed by atoms with Crippen molar-refractivity contribution in [1.29, 1.82) is 0 Å². The number of halogens is 4. The molecule has 0 aliphatic carbocycles. The number of carboxylic acids is 2. The largest absolute Gasteiger partial charge is 0.506 e. The number of nitrogens with two attached hydrogens (primary N) is 1. The number of fused-ring (bicyclic) bond motifs is 1. The monoisotopic (exact) mass is 966 g/mol. The number of ether oxygens (including phenoxy) is 1. The number of carboxylic acid groups (broad SMARTS) is 2. The van der Waals surface area contributed by atoms with E-state index in [1.165, 1.54) is 0 Å². The molecule has 1 aromatic heterocycles. The molecular weight excluding hydrogens is 948 g/mol. The van der Waals surface area contributed by atoms with Gasteiger partial charge in [0.15, 0.2) is 11.2 Å². The minimum atomic E-state index is -1.13. The molecule has 0 aliphatic rings. The van der Waals surface area contributed by atoms with Crippen LogP contribution in [0.5, 0.6) is 17.2 Å². The van der Waals surface area contributed by atoms with Gasteiger partial charge < -0.3 is 30.8 Å². The van der Waals surface area contributed by atoms with Gasteiger partial charge in [0.05, 0.1) is 14.3 Å². The van der Waals surface area contributed by atoms with Gasteiger partial charge in [0.25, 0.3) is 0 Å². The first-order chi connectivity index (χ1) is 17.9. The molecule has 9 nitrogen and oxygen atoms in total. The Morgan fingerprint density at radius 3 is 2.05 bits per heavy atom. The highest BCUT2D eigenvalue weighted by molar-refractivity contribution is 14.1. The van der Waals surface area contributed by atoms with Crippen molar-refractivity contribution < 1.29 is 29.6 Å². The molecular formula is C25H18I4N2O7. The van der Waals surface area contributed by atoms with Crippen molar-refractivity contribution in [3.63, 3.8) is 0 Å². The molecule has 0 saturated carbocycles. The number of carbonyl (C=O) groups is 2. The number of hydrogen-bond acceptors (Lipinski definition) is 6. The van der Waals surface area contributed by atoms with Gasteiger partial charge >= 0.3 is 11.9 Å². The van der Waals surface area contributed by atoms with Gasteiger partial charge in [-0.1, -0.05) is 12.1 Å². The number of rotatable bonds is 6. The second-order valence-electron chi connectivity index (χ2n) is 7.77. The van der Waals surface area contributed by atoms with Crippen LogP contribution in [0.25, 0.3) is 10.9 Å². The summed E-state index contributed by atoms with van der Waals surface area (Å²) in [5, 5.41) is 28.0. The molecule has 1 atom stereocenters. The zero-order valence-corrected chi connectivity index (χ0v) is 27.7. The Kier molecular flexibility index (Phi) is 11.0. The van der Waals surface area contributed by atoms with Crippen molar-refractivity contribution in [3.8, 4) is 17.2 Å². The first-order valence-electron chi connectivity index (χ1n) is 10.5. The van der Waals surface area contributed by atoms with Crippen LogP contribution in [0, 0.1) is 14.3 Å². The number of aromatic carboxylic acids is 1. The molecule has 0 spiro atoms. The normalized spacial score (nSPS) is 11.4. The lowest BCUT2D eigenvalue weighted by Crippen LogP contribution is -2.32. The molecule has 3 aromatic carbocycles. The van der Waals surface area contributed by atoms with Gasteiger partial charge in [0, 0.05) is 17.0 Å². The second-order valence-corrected chi connectivity index (χ2v) is 12.4. The number of phenolic OH excluding ortho intramolecular Hbond substituents is 1. The zero-order valence-electron chi connectivity index (χ0n) is 19.0. The molecule has 0 amide bonds. The van der Waals surface area contributed by atoms with E-state index in [0.717, 1.165) is 18.8 Å². The Balaban J connectivity index is 0.000000241. The number of benzene rings is 3. The molecule has 198 valence electrons. The predicted molar refractivity (Wildman–Crippen MR) is 176 cm³/mol. The van der Waals surface area contributed by atoms with Crippen LogP contribution < -0.4 is 15.9 Å².